The fourth-order valence-electron chi connectivity index (χ4n) is 9.00. The summed E-state index contributed by atoms with van der Waals surface area (Å²) in [6.45, 7) is 2.18. The SMILES string of the molecule is O=C1CCC(Nc2ccc(C3CCN(C(=O)C4CCN(C(=O)[C@H]5CC[C@H](Nc6ncc(F)c(-c7cccc(-n8ccccc8=O)c7)n6)CC5)CC4)CC3)c(F)c2)C(=O)N1. The van der Waals surface area contributed by atoms with Gasteiger partial charge in [-0.25, -0.2) is 18.7 Å². The molecule has 0 spiro atoms. The monoisotopic (exact) mass is 806 g/mol. The summed E-state index contributed by atoms with van der Waals surface area (Å²) >= 11 is 0. The number of nitrogens with one attached hydrogen (secondary N) is 3. The van der Waals surface area contributed by atoms with E-state index in [2.05, 4.69) is 25.9 Å². The highest BCUT2D eigenvalue weighted by Crippen LogP contribution is 2.34. The molecule has 1 atom stereocenters. The Morgan fingerprint density at radius 2 is 1.44 bits per heavy atom. The van der Waals surface area contributed by atoms with Crippen molar-refractivity contribution in [2.24, 2.45) is 11.8 Å². The Hall–Kier alpha value is -5.99. The van der Waals surface area contributed by atoms with Gasteiger partial charge in [-0.1, -0.05) is 24.3 Å². The maximum Gasteiger partial charge on any atom is 0.255 e. The number of anilines is 2. The fraction of sp³-hybridized carbons (Fsp3) is 0.432. The van der Waals surface area contributed by atoms with Crippen LogP contribution in [0, 0.1) is 23.5 Å². The molecule has 3 saturated heterocycles. The molecular formula is C44H48F2N8O5. The molecular weight excluding hydrogens is 759 g/mol. The number of benzene rings is 2. The van der Waals surface area contributed by atoms with Gasteiger partial charge >= 0.3 is 0 Å². The van der Waals surface area contributed by atoms with E-state index >= 15 is 4.39 Å². The van der Waals surface area contributed by atoms with Crippen LogP contribution in [0.15, 0.2) is 77.9 Å². The number of likely N-dealkylation sites (tertiary alicyclic amines) is 2. The van der Waals surface area contributed by atoms with Crippen molar-refractivity contribution in [3.8, 4) is 16.9 Å². The van der Waals surface area contributed by atoms with E-state index in [1.165, 1.54) is 16.7 Å². The second-order valence-corrected chi connectivity index (χ2v) is 16.1. The molecule has 3 N–H and O–H groups in total. The van der Waals surface area contributed by atoms with Crippen LogP contribution in [0.3, 0.4) is 0 Å². The van der Waals surface area contributed by atoms with Crippen LogP contribution in [-0.2, 0) is 19.2 Å². The van der Waals surface area contributed by atoms with Crippen molar-refractivity contribution in [2.75, 3.05) is 36.8 Å². The lowest BCUT2D eigenvalue weighted by Gasteiger charge is -2.39. The summed E-state index contributed by atoms with van der Waals surface area (Å²) in [4.78, 5) is 75.5. The first-order valence-corrected chi connectivity index (χ1v) is 20.6. The summed E-state index contributed by atoms with van der Waals surface area (Å²) in [7, 11) is 0. The molecule has 59 heavy (non-hydrogen) atoms. The number of carbonyl (C=O) groups excluding carboxylic acids is 4. The van der Waals surface area contributed by atoms with E-state index in [9.17, 15) is 28.4 Å². The second-order valence-electron chi connectivity index (χ2n) is 16.1. The van der Waals surface area contributed by atoms with E-state index < -0.39 is 17.8 Å². The average molecular weight is 807 g/mol. The standard InChI is InChI=1S/C44H48F2N8O5/c45-35-25-32(48-37-13-14-38(55)50-41(37)57)11-12-34(35)27-15-20-52(21-16-27)43(59)29-17-22-53(23-18-29)42(58)28-7-9-31(10-8-28)49-44-47-26-36(46)40(51-44)30-4-3-5-33(24-30)54-19-2-1-6-39(54)56/h1-6,11-12,19,24-29,31,37,48H,7-10,13-18,20-23H2,(H,47,49,51)(H,50,55,57)/t28-,31-,37?. The number of hydrogen-bond donors (Lipinski definition) is 3. The molecule has 15 heteroatoms. The molecule has 5 heterocycles. The van der Waals surface area contributed by atoms with E-state index in [1.807, 2.05) is 9.80 Å². The molecule has 4 aliphatic rings. The Balaban J connectivity index is 0.776. The molecule has 8 rings (SSSR count). The zero-order valence-electron chi connectivity index (χ0n) is 32.7. The molecule has 1 aliphatic carbocycles. The number of hydrogen-bond acceptors (Lipinski definition) is 9. The van der Waals surface area contributed by atoms with Gasteiger partial charge in [-0.15, -0.1) is 0 Å². The van der Waals surface area contributed by atoms with Crippen molar-refractivity contribution in [3.63, 3.8) is 0 Å². The Bertz CT molecular complexity index is 2280. The Kier molecular flexibility index (Phi) is 11.8. The number of piperidine rings is 3. The topological polar surface area (TPSA) is 159 Å². The van der Waals surface area contributed by atoms with Crippen molar-refractivity contribution in [2.45, 2.75) is 82.2 Å². The smallest absolute Gasteiger partial charge is 0.255 e. The summed E-state index contributed by atoms with van der Waals surface area (Å²) in [6.07, 6.45) is 8.80. The van der Waals surface area contributed by atoms with Gasteiger partial charge < -0.3 is 20.4 Å². The molecule has 0 radical (unpaired) electrons. The van der Waals surface area contributed by atoms with Crippen molar-refractivity contribution < 1.29 is 28.0 Å². The second kappa shape index (κ2) is 17.5. The molecule has 4 amide bonds. The van der Waals surface area contributed by atoms with Crippen LogP contribution < -0.4 is 21.5 Å². The minimum atomic E-state index is -0.588. The minimum Gasteiger partial charge on any atom is -0.374 e. The molecule has 4 aromatic rings. The quantitative estimate of drug-likeness (QED) is 0.188. The highest BCUT2D eigenvalue weighted by atomic mass is 19.1. The van der Waals surface area contributed by atoms with Gasteiger partial charge in [-0.05, 0) is 99.6 Å². The van der Waals surface area contributed by atoms with Crippen LogP contribution in [0.5, 0.6) is 0 Å². The lowest BCUT2D eigenvalue weighted by Crippen LogP contribution is -2.48. The van der Waals surface area contributed by atoms with Gasteiger partial charge in [0.2, 0.25) is 29.6 Å². The summed E-state index contributed by atoms with van der Waals surface area (Å²) in [5, 5.41) is 8.67. The predicted octanol–water partition coefficient (Wildman–Crippen LogP) is 5.41. The number of aromatic nitrogens is 3. The van der Waals surface area contributed by atoms with Gasteiger partial charge in [0.1, 0.15) is 17.6 Å². The third-order valence-electron chi connectivity index (χ3n) is 12.4. The van der Waals surface area contributed by atoms with Gasteiger partial charge in [0.25, 0.3) is 5.56 Å². The molecule has 4 fully saturated rings. The Morgan fingerprint density at radius 1 is 0.729 bits per heavy atom. The van der Waals surface area contributed by atoms with Gasteiger partial charge in [0, 0.05) is 79.7 Å². The lowest BCUT2D eigenvalue weighted by atomic mass is 9.84. The maximum absolute atomic E-state index is 15.2. The zero-order chi connectivity index (χ0) is 41.0. The molecule has 1 saturated carbocycles. The first-order valence-electron chi connectivity index (χ1n) is 20.6. The van der Waals surface area contributed by atoms with E-state index in [0.29, 0.717) is 99.6 Å². The van der Waals surface area contributed by atoms with E-state index in [4.69, 9.17) is 0 Å². The van der Waals surface area contributed by atoms with Gasteiger partial charge in [0.15, 0.2) is 5.82 Å². The largest absolute Gasteiger partial charge is 0.374 e. The lowest BCUT2D eigenvalue weighted by molar-refractivity contribution is -0.143. The number of imide groups is 1. The van der Waals surface area contributed by atoms with Crippen molar-refractivity contribution >= 4 is 35.3 Å². The highest BCUT2D eigenvalue weighted by Gasteiger charge is 2.36. The van der Waals surface area contributed by atoms with Crippen molar-refractivity contribution in [1.29, 1.82) is 0 Å². The van der Waals surface area contributed by atoms with Crippen LogP contribution in [0.25, 0.3) is 16.9 Å². The highest BCUT2D eigenvalue weighted by molar-refractivity contribution is 6.01. The summed E-state index contributed by atoms with van der Waals surface area (Å²) in [5.41, 5.74) is 2.13. The Morgan fingerprint density at radius 3 is 2.14 bits per heavy atom. The number of rotatable bonds is 9. The summed E-state index contributed by atoms with van der Waals surface area (Å²) in [5.74, 6) is -1.36. The van der Waals surface area contributed by atoms with Gasteiger partial charge in [-0.2, -0.15) is 0 Å². The van der Waals surface area contributed by atoms with Gasteiger partial charge in [0.05, 0.1) is 6.20 Å². The average Bonchev–Trinajstić information content (AvgIpc) is 3.25. The maximum atomic E-state index is 15.2. The number of amides is 4. The van der Waals surface area contributed by atoms with E-state index in [1.54, 1.807) is 54.7 Å². The van der Waals surface area contributed by atoms with Crippen molar-refractivity contribution in [3.05, 3.63) is 101 Å². The first-order chi connectivity index (χ1) is 28.6. The zero-order valence-corrected chi connectivity index (χ0v) is 32.7. The third kappa shape index (κ3) is 9.03. The number of halogens is 2. The van der Waals surface area contributed by atoms with Crippen LogP contribution in [0.2, 0.25) is 0 Å². The summed E-state index contributed by atoms with van der Waals surface area (Å²) < 4.78 is 31.7. The molecule has 2 aromatic carbocycles. The first kappa shape index (κ1) is 39.8. The van der Waals surface area contributed by atoms with E-state index in [-0.39, 0.29) is 65.0 Å². The van der Waals surface area contributed by atoms with E-state index in [0.717, 1.165) is 19.0 Å². The van der Waals surface area contributed by atoms with Crippen LogP contribution in [-0.4, -0.2) is 86.2 Å². The number of carbonyl (C=O) groups is 4. The molecule has 2 aromatic heterocycles. The molecule has 1 unspecified atom stereocenters. The molecule has 0 bridgehead atoms. The number of nitrogens with zero attached hydrogens (tertiary/aromatic N) is 5. The Labute approximate surface area is 340 Å². The minimum absolute atomic E-state index is 0.0218. The third-order valence-corrected chi connectivity index (χ3v) is 12.4. The van der Waals surface area contributed by atoms with Crippen LogP contribution >= 0.6 is 0 Å². The van der Waals surface area contributed by atoms with Crippen LogP contribution in [0.1, 0.15) is 75.7 Å². The molecule has 3 aliphatic heterocycles. The normalized spacial score (nSPS) is 21.8. The summed E-state index contributed by atoms with van der Waals surface area (Å²) in [6, 6.07) is 16.2. The predicted molar refractivity (Wildman–Crippen MR) is 216 cm³/mol. The molecule has 13 nitrogen and oxygen atoms in total. The van der Waals surface area contributed by atoms with Crippen LogP contribution in [0.4, 0.5) is 20.4 Å². The fourth-order valence-corrected chi connectivity index (χ4v) is 9.00. The van der Waals surface area contributed by atoms with Crippen molar-refractivity contribution in [1.82, 2.24) is 29.7 Å². The molecule has 308 valence electrons. The number of pyridine rings is 1. The van der Waals surface area contributed by atoms with Gasteiger partial charge in [-0.3, -0.25) is 33.9 Å².